The summed E-state index contributed by atoms with van der Waals surface area (Å²) >= 11 is 0. The molecule has 8 heteroatoms. The highest BCUT2D eigenvalue weighted by Gasteiger charge is 2.22. The van der Waals surface area contributed by atoms with Gasteiger partial charge in [0.1, 0.15) is 5.75 Å². The Bertz CT molecular complexity index is 955. The molecule has 0 saturated heterocycles. The lowest BCUT2D eigenvalue weighted by Gasteiger charge is -2.21. The Balaban J connectivity index is 1.62. The zero-order valence-corrected chi connectivity index (χ0v) is 16.8. The number of hydrogen-bond acceptors (Lipinski definition) is 7. The molecule has 0 radical (unpaired) electrons. The number of aromatic nitrogens is 2. The van der Waals surface area contributed by atoms with E-state index in [-0.39, 0.29) is 12.5 Å². The highest BCUT2D eigenvalue weighted by molar-refractivity contribution is 5.80. The van der Waals surface area contributed by atoms with E-state index in [0.29, 0.717) is 23.2 Å². The molecule has 0 aliphatic rings. The molecule has 1 heterocycles. The van der Waals surface area contributed by atoms with Crippen molar-refractivity contribution in [1.29, 1.82) is 0 Å². The van der Waals surface area contributed by atoms with Crippen LogP contribution in [-0.2, 0) is 11.3 Å². The van der Waals surface area contributed by atoms with Crippen molar-refractivity contribution in [2.45, 2.75) is 19.6 Å². The molecular formula is C21H23N3O5. The lowest BCUT2D eigenvalue weighted by atomic mass is 10.2. The zero-order valence-electron chi connectivity index (χ0n) is 16.8. The Labute approximate surface area is 169 Å². The van der Waals surface area contributed by atoms with Crippen LogP contribution >= 0.6 is 0 Å². The Kier molecular flexibility index (Phi) is 6.33. The third-order valence-electron chi connectivity index (χ3n) is 4.29. The molecule has 0 spiro atoms. The number of rotatable bonds is 8. The van der Waals surface area contributed by atoms with Crippen LogP contribution in [0.25, 0.3) is 11.4 Å². The summed E-state index contributed by atoms with van der Waals surface area (Å²) < 4.78 is 21.4. The fourth-order valence-corrected chi connectivity index (χ4v) is 2.72. The maximum atomic E-state index is 12.7. The van der Waals surface area contributed by atoms with Crippen molar-refractivity contribution in [3.05, 3.63) is 54.4 Å². The van der Waals surface area contributed by atoms with Crippen molar-refractivity contribution in [3.63, 3.8) is 0 Å². The first-order valence-corrected chi connectivity index (χ1v) is 9.03. The van der Waals surface area contributed by atoms with Crippen LogP contribution in [0.15, 0.2) is 53.1 Å². The number of carbonyl (C=O) groups excluding carboxylic acids is 1. The molecule has 0 N–H and O–H groups in total. The van der Waals surface area contributed by atoms with E-state index in [1.54, 1.807) is 40.3 Å². The number of ether oxygens (including phenoxy) is 3. The molecule has 1 amide bonds. The number of methoxy groups -OCH3 is 2. The minimum absolute atomic E-state index is 0.168. The van der Waals surface area contributed by atoms with E-state index in [0.717, 1.165) is 11.3 Å². The SMILES string of the molecule is COc1ccc(-c2noc(CN(C)C(=O)[C@@H](C)Oc3ccccc3OC)n2)cc1. The van der Waals surface area contributed by atoms with Crippen LogP contribution in [0, 0.1) is 0 Å². The molecular weight excluding hydrogens is 374 g/mol. The van der Waals surface area contributed by atoms with Gasteiger partial charge < -0.3 is 23.6 Å². The van der Waals surface area contributed by atoms with Crippen molar-refractivity contribution >= 4 is 5.91 Å². The molecule has 3 aromatic rings. The normalized spacial score (nSPS) is 11.6. The maximum Gasteiger partial charge on any atom is 0.263 e. The van der Waals surface area contributed by atoms with Gasteiger partial charge in [-0.05, 0) is 43.3 Å². The molecule has 0 aliphatic heterocycles. The third kappa shape index (κ3) is 4.84. The number of carbonyl (C=O) groups is 1. The molecule has 0 saturated carbocycles. The second kappa shape index (κ2) is 9.09. The first-order valence-electron chi connectivity index (χ1n) is 9.03. The molecule has 29 heavy (non-hydrogen) atoms. The van der Waals surface area contributed by atoms with Crippen molar-refractivity contribution in [2.24, 2.45) is 0 Å². The average molecular weight is 397 g/mol. The Hall–Kier alpha value is -3.55. The largest absolute Gasteiger partial charge is 0.497 e. The van der Waals surface area contributed by atoms with Gasteiger partial charge >= 0.3 is 0 Å². The molecule has 2 aromatic carbocycles. The predicted octanol–water partition coefficient (Wildman–Crippen LogP) is 3.18. The first kappa shape index (κ1) is 20.2. The highest BCUT2D eigenvalue weighted by Crippen LogP contribution is 2.27. The summed E-state index contributed by atoms with van der Waals surface area (Å²) in [5, 5.41) is 3.98. The number of likely N-dealkylation sites (N-methyl/N-ethyl adjacent to an activating group) is 1. The van der Waals surface area contributed by atoms with Gasteiger partial charge in [0.25, 0.3) is 5.91 Å². The van der Waals surface area contributed by atoms with E-state index >= 15 is 0 Å². The maximum absolute atomic E-state index is 12.7. The lowest BCUT2D eigenvalue weighted by molar-refractivity contribution is -0.137. The van der Waals surface area contributed by atoms with E-state index in [4.69, 9.17) is 18.7 Å². The van der Waals surface area contributed by atoms with E-state index in [2.05, 4.69) is 10.1 Å². The van der Waals surface area contributed by atoms with Crippen LogP contribution < -0.4 is 14.2 Å². The van der Waals surface area contributed by atoms with Crippen LogP contribution in [0.4, 0.5) is 0 Å². The standard InChI is InChI=1S/C21H23N3O5/c1-14(28-18-8-6-5-7-17(18)27-4)21(25)24(2)13-19-22-20(23-29-19)15-9-11-16(26-3)12-10-15/h5-12,14H,13H2,1-4H3/t14-/m1/s1. The Morgan fingerprint density at radius 2 is 1.76 bits per heavy atom. The van der Waals surface area contributed by atoms with Gasteiger partial charge in [-0.2, -0.15) is 4.98 Å². The van der Waals surface area contributed by atoms with Crippen LogP contribution in [0.1, 0.15) is 12.8 Å². The number of hydrogen-bond donors (Lipinski definition) is 0. The quantitative estimate of drug-likeness (QED) is 0.577. The second-order valence-corrected chi connectivity index (χ2v) is 6.35. The monoisotopic (exact) mass is 397 g/mol. The summed E-state index contributed by atoms with van der Waals surface area (Å²) in [4.78, 5) is 18.5. The first-order chi connectivity index (χ1) is 14.0. The summed E-state index contributed by atoms with van der Waals surface area (Å²) in [7, 11) is 4.81. The Morgan fingerprint density at radius 3 is 2.41 bits per heavy atom. The molecule has 0 fully saturated rings. The minimum Gasteiger partial charge on any atom is -0.497 e. The van der Waals surface area contributed by atoms with Crippen LogP contribution in [0.2, 0.25) is 0 Å². The number of nitrogens with zero attached hydrogens (tertiary/aromatic N) is 3. The fourth-order valence-electron chi connectivity index (χ4n) is 2.72. The molecule has 1 atom stereocenters. The smallest absolute Gasteiger partial charge is 0.263 e. The predicted molar refractivity (Wildman–Crippen MR) is 106 cm³/mol. The number of para-hydroxylation sites is 2. The van der Waals surface area contributed by atoms with Crippen LogP contribution in [0.3, 0.4) is 0 Å². The highest BCUT2D eigenvalue weighted by atomic mass is 16.5. The van der Waals surface area contributed by atoms with E-state index < -0.39 is 6.10 Å². The zero-order chi connectivity index (χ0) is 20.8. The molecule has 152 valence electrons. The summed E-state index contributed by atoms with van der Waals surface area (Å²) in [6, 6.07) is 14.5. The van der Waals surface area contributed by atoms with Crippen LogP contribution in [-0.4, -0.2) is 48.3 Å². The third-order valence-corrected chi connectivity index (χ3v) is 4.29. The van der Waals surface area contributed by atoms with E-state index in [1.807, 2.05) is 36.4 Å². The fraction of sp³-hybridized carbons (Fsp3) is 0.286. The Morgan fingerprint density at radius 1 is 1.07 bits per heavy atom. The van der Waals surface area contributed by atoms with Gasteiger partial charge in [-0.25, -0.2) is 0 Å². The number of amides is 1. The van der Waals surface area contributed by atoms with E-state index in [9.17, 15) is 4.79 Å². The van der Waals surface area contributed by atoms with Crippen molar-refractivity contribution in [1.82, 2.24) is 15.0 Å². The molecule has 0 aliphatic carbocycles. The second-order valence-electron chi connectivity index (χ2n) is 6.35. The summed E-state index contributed by atoms with van der Waals surface area (Å²) in [6.07, 6.45) is -0.708. The summed E-state index contributed by atoms with van der Waals surface area (Å²) in [5.41, 5.74) is 0.794. The molecule has 8 nitrogen and oxygen atoms in total. The molecule has 0 unspecified atom stereocenters. The van der Waals surface area contributed by atoms with E-state index in [1.165, 1.54) is 4.90 Å². The van der Waals surface area contributed by atoms with Gasteiger partial charge in [-0.15, -0.1) is 0 Å². The van der Waals surface area contributed by atoms with Gasteiger partial charge in [0.2, 0.25) is 11.7 Å². The van der Waals surface area contributed by atoms with Gasteiger partial charge in [0.15, 0.2) is 17.6 Å². The summed E-state index contributed by atoms with van der Waals surface area (Å²) in [6.45, 7) is 1.85. The molecule has 0 bridgehead atoms. The van der Waals surface area contributed by atoms with Gasteiger partial charge in [-0.3, -0.25) is 4.79 Å². The van der Waals surface area contributed by atoms with Crippen molar-refractivity contribution in [3.8, 4) is 28.6 Å². The summed E-state index contributed by atoms with van der Waals surface area (Å²) in [5.74, 6) is 2.37. The topological polar surface area (TPSA) is 86.9 Å². The molecule has 3 rings (SSSR count). The molecule has 1 aromatic heterocycles. The van der Waals surface area contributed by atoms with Gasteiger partial charge in [0, 0.05) is 12.6 Å². The van der Waals surface area contributed by atoms with Crippen LogP contribution in [0.5, 0.6) is 17.2 Å². The number of benzene rings is 2. The van der Waals surface area contributed by atoms with Gasteiger partial charge in [-0.1, -0.05) is 17.3 Å². The lowest BCUT2D eigenvalue weighted by Crippen LogP contribution is -2.37. The minimum atomic E-state index is -0.708. The van der Waals surface area contributed by atoms with Crippen molar-refractivity contribution < 1.29 is 23.5 Å². The van der Waals surface area contributed by atoms with Crippen molar-refractivity contribution in [2.75, 3.05) is 21.3 Å². The van der Waals surface area contributed by atoms with Gasteiger partial charge in [0.05, 0.1) is 20.8 Å². The average Bonchev–Trinajstić information content (AvgIpc) is 3.22.